The summed E-state index contributed by atoms with van der Waals surface area (Å²) >= 11 is 0. The lowest BCUT2D eigenvalue weighted by atomic mass is 10.1. The Hall–Kier alpha value is -1.63. The average molecular weight is 330 g/mol. The second-order valence-electron chi connectivity index (χ2n) is 5.28. The van der Waals surface area contributed by atoms with E-state index in [0.717, 1.165) is 17.0 Å². The Bertz CT molecular complexity index is 602. The van der Waals surface area contributed by atoms with Crippen molar-refractivity contribution in [3.05, 3.63) is 30.1 Å². The van der Waals surface area contributed by atoms with Crippen molar-refractivity contribution in [1.29, 1.82) is 0 Å². The smallest absolute Gasteiger partial charge is 0.244 e. The molecule has 0 aliphatic carbocycles. The van der Waals surface area contributed by atoms with Gasteiger partial charge in [-0.15, -0.1) is 0 Å². The molecule has 5 nitrogen and oxygen atoms in total. The monoisotopic (exact) mass is 330 g/mol. The van der Waals surface area contributed by atoms with Gasteiger partial charge in [0.15, 0.2) is 0 Å². The highest BCUT2D eigenvalue weighted by atomic mass is 32.2. The summed E-state index contributed by atoms with van der Waals surface area (Å²) in [6.07, 6.45) is 2.10. The molecule has 0 heterocycles. The van der Waals surface area contributed by atoms with E-state index in [-0.39, 0.29) is 17.6 Å². The van der Waals surface area contributed by atoms with Crippen LogP contribution in [-0.2, 0) is 14.8 Å². The second kappa shape index (κ2) is 7.58. The van der Waals surface area contributed by atoms with E-state index in [4.69, 9.17) is 0 Å². The first-order chi connectivity index (χ1) is 10.2. The van der Waals surface area contributed by atoms with Gasteiger partial charge in [-0.25, -0.2) is 12.8 Å². The number of carbonyl (C=O) groups is 1. The van der Waals surface area contributed by atoms with E-state index in [9.17, 15) is 17.6 Å². The summed E-state index contributed by atoms with van der Waals surface area (Å²) in [5.74, 6) is -0.819. The second-order valence-corrected chi connectivity index (χ2v) is 7.14. The molecule has 2 atom stereocenters. The Morgan fingerprint density at radius 3 is 2.18 bits per heavy atom. The molecule has 0 saturated heterocycles. The molecule has 0 aliphatic heterocycles. The Labute approximate surface area is 131 Å². The lowest BCUT2D eigenvalue weighted by Gasteiger charge is -2.30. The Morgan fingerprint density at radius 1 is 1.23 bits per heavy atom. The Kier molecular flexibility index (Phi) is 6.34. The van der Waals surface area contributed by atoms with Crippen molar-refractivity contribution in [2.75, 3.05) is 10.6 Å². The van der Waals surface area contributed by atoms with Gasteiger partial charge in [0.25, 0.3) is 0 Å². The number of carbonyl (C=O) groups excluding carboxylic acids is 1. The number of hydrogen-bond donors (Lipinski definition) is 1. The molecule has 1 aromatic rings. The van der Waals surface area contributed by atoms with E-state index in [1.807, 2.05) is 13.8 Å². The van der Waals surface area contributed by atoms with E-state index < -0.39 is 21.9 Å². The van der Waals surface area contributed by atoms with Gasteiger partial charge in [0, 0.05) is 6.04 Å². The highest BCUT2D eigenvalue weighted by molar-refractivity contribution is 7.92. The molecule has 0 radical (unpaired) electrons. The van der Waals surface area contributed by atoms with Gasteiger partial charge >= 0.3 is 0 Å². The van der Waals surface area contributed by atoms with E-state index in [2.05, 4.69) is 5.32 Å². The van der Waals surface area contributed by atoms with Gasteiger partial charge in [-0.1, -0.05) is 13.8 Å². The topological polar surface area (TPSA) is 66.5 Å². The van der Waals surface area contributed by atoms with E-state index in [1.54, 1.807) is 6.92 Å². The third-order valence-corrected chi connectivity index (χ3v) is 4.59. The minimum absolute atomic E-state index is 0.0452. The lowest BCUT2D eigenvalue weighted by molar-refractivity contribution is -0.122. The number of rotatable bonds is 7. The molecule has 124 valence electrons. The molecule has 0 fully saturated rings. The largest absolute Gasteiger partial charge is 0.352 e. The average Bonchev–Trinajstić information content (AvgIpc) is 2.44. The molecule has 0 aliphatic rings. The van der Waals surface area contributed by atoms with Crippen LogP contribution < -0.4 is 9.62 Å². The van der Waals surface area contributed by atoms with Gasteiger partial charge in [-0.3, -0.25) is 9.10 Å². The first kappa shape index (κ1) is 18.4. The summed E-state index contributed by atoms with van der Waals surface area (Å²) in [5.41, 5.74) is 0.273. The van der Waals surface area contributed by atoms with E-state index >= 15 is 0 Å². The molecule has 7 heteroatoms. The minimum atomic E-state index is -3.68. The van der Waals surface area contributed by atoms with E-state index in [0.29, 0.717) is 6.42 Å². The third kappa shape index (κ3) is 4.69. The van der Waals surface area contributed by atoms with Gasteiger partial charge < -0.3 is 5.32 Å². The molecule has 1 N–H and O–H groups in total. The van der Waals surface area contributed by atoms with Crippen LogP contribution in [0.25, 0.3) is 0 Å². The van der Waals surface area contributed by atoms with Crippen LogP contribution in [0.15, 0.2) is 24.3 Å². The maximum absolute atomic E-state index is 13.1. The molecule has 1 rings (SSSR count). The molecular formula is C15H23FN2O3S. The normalized spacial score (nSPS) is 14.2. The van der Waals surface area contributed by atoms with Crippen molar-refractivity contribution in [3.63, 3.8) is 0 Å². The van der Waals surface area contributed by atoms with Crippen molar-refractivity contribution in [3.8, 4) is 0 Å². The number of nitrogens with one attached hydrogen (secondary N) is 1. The zero-order chi connectivity index (χ0) is 16.9. The van der Waals surface area contributed by atoms with Crippen molar-refractivity contribution in [2.24, 2.45) is 0 Å². The Morgan fingerprint density at radius 2 is 1.77 bits per heavy atom. The minimum Gasteiger partial charge on any atom is -0.352 e. The van der Waals surface area contributed by atoms with Crippen LogP contribution in [0.5, 0.6) is 0 Å². The molecule has 22 heavy (non-hydrogen) atoms. The van der Waals surface area contributed by atoms with Crippen molar-refractivity contribution < 1.29 is 17.6 Å². The molecule has 0 bridgehead atoms. The van der Waals surface area contributed by atoms with Crippen LogP contribution in [0.3, 0.4) is 0 Å². The molecule has 1 aromatic carbocycles. The van der Waals surface area contributed by atoms with Crippen LogP contribution in [-0.4, -0.2) is 32.7 Å². The maximum atomic E-state index is 13.1. The highest BCUT2D eigenvalue weighted by Gasteiger charge is 2.31. The molecule has 0 aromatic heterocycles. The predicted molar refractivity (Wildman–Crippen MR) is 85.7 cm³/mol. The summed E-state index contributed by atoms with van der Waals surface area (Å²) in [7, 11) is -3.68. The number of amides is 1. The van der Waals surface area contributed by atoms with Crippen molar-refractivity contribution in [2.45, 2.75) is 45.7 Å². The van der Waals surface area contributed by atoms with Crippen LogP contribution in [0.4, 0.5) is 10.1 Å². The van der Waals surface area contributed by atoms with Crippen LogP contribution >= 0.6 is 0 Å². The summed E-state index contributed by atoms with van der Waals surface area (Å²) in [6, 6.07) is 4.15. The predicted octanol–water partition coefficient (Wildman–Crippen LogP) is 2.29. The first-order valence-corrected chi connectivity index (χ1v) is 9.10. The SMILES string of the molecule is CCC(C)NC(=O)C(CC)N(c1ccc(F)cc1)S(C)(=O)=O. The fourth-order valence-electron chi connectivity index (χ4n) is 2.09. The standard InChI is InChI=1S/C15H23FN2O3S/c1-5-11(3)17-15(19)14(6-2)18(22(4,20)21)13-9-7-12(16)8-10-13/h7-11,14H,5-6H2,1-4H3,(H,17,19). The quantitative estimate of drug-likeness (QED) is 0.834. The molecule has 1 amide bonds. The number of halogens is 1. The summed E-state index contributed by atoms with van der Waals surface area (Å²) in [5, 5.41) is 2.80. The molecule has 0 saturated carbocycles. The van der Waals surface area contributed by atoms with Crippen LogP contribution in [0.2, 0.25) is 0 Å². The number of anilines is 1. The number of benzene rings is 1. The third-order valence-electron chi connectivity index (χ3n) is 3.41. The highest BCUT2D eigenvalue weighted by Crippen LogP contribution is 2.22. The summed E-state index contributed by atoms with van der Waals surface area (Å²) in [4.78, 5) is 12.4. The molecule has 0 spiro atoms. The zero-order valence-electron chi connectivity index (χ0n) is 13.3. The number of sulfonamides is 1. The summed E-state index contributed by atoms with van der Waals surface area (Å²) < 4.78 is 38.4. The number of hydrogen-bond acceptors (Lipinski definition) is 3. The Balaban J connectivity index is 3.19. The number of nitrogens with zero attached hydrogens (tertiary/aromatic N) is 1. The lowest BCUT2D eigenvalue weighted by Crippen LogP contribution is -2.51. The maximum Gasteiger partial charge on any atom is 0.244 e. The first-order valence-electron chi connectivity index (χ1n) is 7.26. The van der Waals surface area contributed by atoms with Crippen molar-refractivity contribution >= 4 is 21.6 Å². The van der Waals surface area contributed by atoms with Gasteiger partial charge in [-0.05, 0) is 44.0 Å². The van der Waals surface area contributed by atoms with Gasteiger partial charge in [-0.2, -0.15) is 0 Å². The van der Waals surface area contributed by atoms with Crippen molar-refractivity contribution in [1.82, 2.24) is 5.32 Å². The molecular weight excluding hydrogens is 307 g/mol. The van der Waals surface area contributed by atoms with Crippen LogP contribution in [0, 0.1) is 5.82 Å². The fraction of sp³-hybridized carbons (Fsp3) is 0.533. The van der Waals surface area contributed by atoms with Gasteiger partial charge in [0.1, 0.15) is 11.9 Å². The van der Waals surface area contributed by atoms with Crippen LogP contribution in [0.1, 0.15) is 33.6 Å². The van der Waals surface area contributed by atoms with E-state index in [1.165, 1.54) is 24.3 Å². The zero-order valence-corrected chi connectivity index (χ0v) is 14.2. The fourth-order valence-corrected chi connectivity index (χ4v) is 3.30. The van der Waals surface area contributed by atoms with Gasteiger partial charge in [0.2, 0.25) is 15.9 Å². The summed E-state index contributed by atoms with van der Waals surface area (Å²) in [6.45, 7) is 5.52. The molecule has 2 unspecified atom stereocenters. The van der Waals surface area contributed by atoms with Gasteiger partial charge in [0.05, 0.1) is 11.9 Å².